The Bertz CT molecular complexity index is 1580. The van der Waals surface area contributed by atoms with Crippen molar-refractivity contribution in [3.05, 3.63) is 93.3 Å². The number of hydrogen-bond acceptors (Lipinski definition) is 4. The van der Waals surface area contributed by atoms with Gasteiger partial charge in [-0.2, -0.15) is 0 Å². The number of ether oxygens (including phenoxy) is 1. The number of H-pyrrole nitrogens is 1. The van der Waals surface area contributed by atoms with E-state index < -0.39 is 5.54 Å². The van der Waals surface area contributed by atoms with Gasteiger partial charge in [0.1, 0.15) is 17.1 Å². The van der Waals surface area contributed by atoms with E-state index in [9.17, 15) is 14.0 Å². The predicted octanol–water partition coefficient (Wildman–Crippen LogP) is 4.20. The first-order chi connectivity index (χ1) is 17.8. The number of nitrogens with zero attached hydrogens (tertiary/aromatic N) is 2. The van der Waals surface area contributed by atoms with E-state index in [4.69, 9.17) is 4.74 Å². The van der Waals surface area contributed by atoms with Crippen LogP contribution in [0.1, 0.15) is 45.8 Å². The number of benzene rings is 2. The van der Waals surface area contributed by atoms with Gasteiger partial charge in [-0.1, -0.05) is 24.3 Å². The van der Waals surface area contributed by atoms with E-state index in [1.165, 1.54) is 6.07 Å². The van der Waals surface area contributed by atoms with E-state index >= 15 is 0 Å². The maximum Gasteiger partial charge on any atom is 0.273 e. The van der Waals surface area contributed by atoms with Crippen molar-refractivity contribution in [3.8, 4) is 17.0 Å². The first kappa shape index (κ1) is 23.5. The lowest BCUT2D eigenvalue weighted by Crippen LogP contribution is -2.66. The number of methoxy groups -OCH3 is 1. The van der Waals surface area contributed by atoms with Gasteiger partial charge in [0.05, 0.1) is 23.9 Å². The van der Waals surface area contributed by atoms with Gasteiger partial charge in [-0.3, -0.25) is 9.59 Å². The number of carbonyl (C=O) groups excluding carboxylic acids is 1. The van der Waals surface area contributed by atoms with Crippen molar-refractivity contribution in [3.63, 3.8) is 0 Å². The molecule has 6 rings (SSSR count). The molecule has 0 bridgehead atoms. The SMILES string of the molecule is COc1ccc(C2(NC(=O)c3cn4cc(-c5ccc(C)c(F)c5)[nH]c(=O)c4c3C3CC3)CN(C)C2)cc1. The zero-order valence-electron chi connectivity index (χ0n) is 21.1. The highest BCUT2D eigenvalue weighted by Gasteiger charge is 2.45. The largest absolute Gasteiger partial charge is 0.497 e. The van der Waals surface area contributed by atoms with Crippen molar-refractivity contribution in [1.29, 1.82) is 0 Å². The minimum Gasteiger partial charge on any atom is -0.497 e. The molecule has 2 aromatic heterocycles. The van der Waals surface area contributed by atoms with Gasteiger partial charge < -0.3 is 24.3 Å². The van der Waals surface area contributed by atoms with E-state index in [1.807, 2.05) is 31.3 Å². The van der Waals surface area contributed by atoms with E-state index in [0.29, 0.717) is 41.0 Å². The molecule has 2 fully saturated rings. The van der Waals surface area contributed by atoms with Crippen molar-refractivity contribution < 1.29 is 13.9 Å². The van der Waals surface area contributed by atoms with Crippen molar-refractivity contribution in [1.82, 2.24) is 19.6 Å². The number of rotatable bonds is 6. The van der Waals surface area contributed by atoms with Crippen LogP contribution in [0.3, 0.4) is 0 Å². The molecule has 0 atom stereocenters. The quantitative estimate of drug-likeness (QED) is 0.416. The van der Waals surface area contributed by atoms with E-state index in [2.05, 4.69) is 15.2 Å². The summed E-state index contributed by atoms with van der Waals surface area (Å²) in [5, 5.41) is 3.30. The van der Waals surface area contributed by atoms with Crippen molar-refractivity contribution in [2.24, 2.45) is 0 Å². The second kappa shape index (κ2) is 8.59. The molecule has 190 valence electrons. The molecule has 2 aromatic carbocycles. The van der Waals surface area contributed by atoms with Gasteiger partial charge in [-0.05, 0) is 67.6 Å². The van der Waals surface area contributed by atoms with E-state index in [-0.39, 0.29) is 23.2 Å². The molecule has 3 heterocycles. The molecule has 1 aliphatic heterocycles. The number of aryl methyl sites for hydroxylation is 1. The van der Waals surface area contributed by atoms with Gasteiger partial charge in [-0.25, -0.2) is 4.39 Å². The van der Waals surface area contributed by atoms with Crippen LogP contribution < -0.4 is 15.6 Å². The third-order valence-corrected chi connectivity index (χ3v) is 7.59. The maximum absolute atomic E-state index is 14.2. The Labute approximate surface area is 213 Å². The van der Waals surface area contributed by atoms with Crippen molar-refractivity contribution >= 4 is 11.4 Å². The Kier molecular flexibility index (Phi) is 5.45. The zero-order valence-corrected chi connectivity index (χ0v) is 21.1. The number of aromatic amines is 1. The topological polar surface area (TPSA) is 78.8 Å². The van der Waals surface area contributed by atoms with Crippen LogP contribution in [0.2, 0.25) is 0 Å². The standard InChI is InChI=1S/C29H29FN4O3/c1-17-4-5-19(12-23(17)30)24-14-34-13-22(25(18-6-7-18)26(34)28(36)31-24)27(35)32-29(15-33(2)16-29)20-8-10-21(37-3)11-9-20/h4-5,8-14,18H,6-7,15-16H2,1-3H3,(H,31,36)(H,32,35). The summed E-state index contributed by atoms with van der Waals surface area (Å²) in [6, 6.07) is 12.7. The Balaban J connectivity index is 1.40. The van der Waals surface area contributed by atoms with Gasteiger partial charge >= 0.3 is 0 Å². The minimum atomic E-state index is -0.524. The van der Waals surface area contributed by atoms with Crippen LogP contribution >= 0.6 is 0 Å². The highest BCUT2D eigenvalue weighted by Crippen LogP contribution is 2.44. The molecular formula is C29H29FN4O3. The monoisotopic (exact) mass is 500 g/mol. The van der Waals surface area contributed by atoms with Crippen LogP contribution in [0.25, 0.3) is 16.8 Å². The highest BCUT2D eigenvalue weighted by atomic mass is 19.1. The van der Waals surface area contributed by atoms with Gasteiger partial charge in [0.15, 0.2) is 0 Å². The molecule has 1 saturated carbocycles. The summed E-state index contributed by atoms with van der Waals surface area (Å²) in [4.78, 5) is 32.1. The van der Waals surface area contributed by atoms with Crippen LogP contribution in [0, 0.1) is 12.7 Å². The summed E-state index contributed by atoms with van der Waals surface area (Å²) < 4.78 is 21.2. The Hall–Kier alpha value is -3.91. The van der Waals surface area contributed by atoms with Crippen molar-refractivity contribution in [2.45, 2.75) is 31.2 Å². The van der Waals surface area contributed by atoms with Crippen LogP contribution in [0.5, 0.6) is 5.75 Å². The molecule has 0 radical (unpaired) electrons. The normalized spacial score (nSPS) is 17.0. The molecular weight excluding hydrogens is 471 g/mol. The van der Waals surface area contributed by atoms with E-state index in [0.717, 1.165) is 29.7 Å². The van der Waals surface area contributed by atoms with Crippen LogP contribution in [-0.2, 0) is 5.54 Å². The summed E-state index contributed by atoms with van der Waals surface area (Å²) >= 11 is 0. The lowest BCUT2D eigenvalue weighted by atomic mass is 9.82. The average Bonchev–Trinajstić information content (AvgIpc) is 3.63. The molecule has 7 nitrogen and oxygen atoms in total. The summed E-state index contributed by atoms with van der Waals surface area (Å²) in [7, 11) is 3.65. The number of nitrogens with one attached hydrogen (secondary N) is 2. The van der Waals surface area contributed by atoms with E-state index in [1.54, 1.807) is 43.0 Å². The summed E-state index contributed by atoms with van der Waals surface area (Å²) in [5.41, 5.74) is 3.60. The van der Waals surface area contributed by atoms with Crippen LogP contribution in [0.15, 0.2) is 59.7 Å². The molecule has 2 N–H and O–H groups in total. The average molecular weight is 501 g/mol. The molecule has 1 saturated heterocycles. The first-order valence-corrected chi connectivity index (χ1v) is 12.5. The molecule has 1 aliphatic carbocycles. The Morgan fingerprint density at radius 2 is 1.86 bits per heavy atom. The fraction of sp³-hybridized carbons (Fsp3) is 0.310. The summed E-state index contributed by atoms with van der Waals surface area (Å²) in [6.07, 6.45) is 5.39. The molecule has 8 heteroatoms. The minimum absolute atomic E-state index is 0.176. The first-order valence-electron chi connectivity index (χ1n) is 12.5. The lowest BCUT2D eigenvalue weighted by molar-refractivity contribution is 0.0511. The number of amides is 1. The highest BCUT2D eigenvalue weighted by molar-refractivity contribution is 5.99. The number of aromatic nitrogens is 2. The molecule has 4 aromatic rings. The number of carbonyl (C=O) groups is 1. The second-order valence-corrected chi connectivity index (χ2v) is 10.4. The maximum atomic E-state index is 14.2. The predicted molar refractivity (Wildman–Crippen MR) is 140 cm³/mol. The number of fused-ring (bicyclic) bond motifs is 1. The summed E-state index contributed by atoms with van der Waals surface area (Å²) in [6.45, 7) is 3.06. The van der Waals surface area contributed by atoms with Gasteiger partial charge in [0.2, 0.25) is 0 Å². The van der Waals surface area contributed by atoms with Crippen LogP contribution in [0.4, 0.5) is 4.39 Å². The molecule has 0 unspecified atom stereocenters. The van der Waals surface area contributed by atoms with Crippen molar-refractivity contribution in [2.75, 3.05) is 27.2 Å². The van der Waals surface area contributed by atoms with Crippen LogP contribution in [-0.4, -0.2) is 47.4 Å². The number of likely N-dealkylation sites (N-methyl/N-ethyl adjacent to an activating group) is 1. The fourth-order valence-corrected chi connectivity index (χ4v) is 5.51. The second-order valence-electron chi connectivity index (χ2n) is 10.4. The smallest absolute Gasteiger partial charge is 0.273 e. The molecule has 37 heavy (non-hydrogen) atoms. The zero-order chi connectivity index (χ0) is 25.9. The van der Waals surface area contributed by atoms with Gasteiger partial charge in [-0.15, -0.1) is 0 Å². The summed E-state index contributed by atoms with van der Waals surface area (Å²) in [5.74, 6) is 0.405. The number of hydrogen-bond donors (Lipinski definition) is 2. The molecule has 0 spiro atoms. The Morgan fingerprint density at radius 1 is 1.14 bits per heavy atom. The molecule has 2 aliphatic rings. The third-order valence-electron chi connectivity index (χ3n) is 7.59. The fourth-order valence-electron chi connectivity index (χ4n) is 5.51. The third kappa shape index (κ3) is 4.01. The Morgan fingerprint density at radius 3 is 2.49 bits per heavy atom. The number of likely N-dealkylation sites (tertiary alicyclic amines) is 1. The van der Waals surface area contributed by atoms with Gasteiger partial charge in [0.25, 0.3) is 11.5 Å². The van der Waals surface area contributed by atoms with Gasteiger partial charge in [0, 0.05) is 31.0 Å². The molecule has 1 amide bonds. The number of halogens is 1. The lowest BCUT2D eigenvalue weighted by Gasteiger charge is -2.49.